The summed E-state index contributed by atoms with van der Waals surface area (Å²) in [7, 11) is -4.11. The number of rotatable bonds is 12. The number of halogens is 1. The number of amides is 2. The van der Waals surface area contributed by atoms with Crippen LogP contribution in [0.15, 0.2) is 77.7 Å². The van der Waals surface area contributed by atoms with E-state index in [2.05, 4.69) is 5.32 Å². The van der Waals surface area contributed by atoms with Gasteiger partial charge in [0.2, 0.25) is 11.8 Å². The minimum atomic E-state index is -4.11. The first kappa shape index (κ1) is 30.2. The van der Waals surface area contributed by atoms with Crippen molar-refractivity contribution in [1.29, 1.82) is 0 Å². The number of nitrogens with one attached hydrogen (secondary N) is 1. The highest BCUT2D eigenvalue weighted by Crippen LogP contribution is 2.28. The predicted octanol–water partition coefficient (Wildman–Crippen LogP) is 5.35. The molecule has 0 fully saturated rings. The summed E-state index contributed by atoms with van der Waals surface area (Å²) in [6, 6.07) is 19.9. The van der Waals surface area contributed by atoms with Crippen LogP contribution in [0.2, 0.25) is 5.02 Å². The van der Waals surface area contributed by atoms with Crippen LogP contribution in [0.25, 0.3) is 0 Å². The molecule has 7 nitrogen and oxygen atoms in total. The van der Waals surface area contributed by atoms with Crippen molar-refractivity contribution in [1.82, 2.24) is 10.2 Å². The van der Waals surface area contributed by atoms with E-state index in [4.69, 9.17) is 11.6 Å². The number of nitrogens with zero attached hydrogens (tertiary/aromatic N) is 2. The SMILES string of the molecule is CCCNC(=O)[C@@H](C)N(Cc1ccccc1Cl)C(=O)CN(c1ccccc1CC)S(=O)(=O)c1ccc(C)cc1. The number of benzene rings is 3. The van der Waals surface area contributed by atoms with E-state index < -0.39 is 28.5 Å². The molecule has 0 bridgehead atoms. The molecule has 0 spiro atoms. The third kappa shape index (κ3) is 7.40. The average Bonchev–Trinajstić information content (AvgIpc) is 2.93. The molecule has 3 aromatic carbocycles. The Hall–Kier alpha value is -3.36. The van der Waals surface area contributed by atoms with Crippen molar-refractivity contribution in [2.45, 2.75) is 58.0 Å². The molecule has 0 aliphatic carbocycles. The molecule has 0 saturated carbocycles. The fourth-order valence-corrected chi connectivity index (χ4v) is 5.84. The van der Waals surface area contributed by atoms with Gasteiger partial charge < -0.3 is 10.2 Å². The topological polar surface area (TPSA) is 86.8 Å². The van der Waals surface area contributed by atoms with E-state index in [-0.39, 0.29) is 17.3 Å². The lowest BCUT2D eigenvalue weighted by Crippen LogP contribution is -2.51. The quantitative estimate of drug-likeness (QED) is 0.318. The molecular weight excluding hydrogens is 534 g/mol. The number of para-hydroxylation sites is 1. The maximum atomic E-state index is 14.0. The maximum absolute atomic E-state index is 14.0. The molecule has 0 radical (unpaired) electrons. The molecule has 0 saturated heterocycles. The second kappa shape index (κ2) is 13.6. The van der Waals surface area contributed by atoms with Crippen LogP contribution < -0.4 is 9.62 Å². The van der Waals surface area contributed by atoms with E-state index in [1.54, 1.807) is 67.6 Å². The zero-order valence-corrected chi connectivity index (χ0v) is 24.4. The summed E-state index contributed by atoms with van der Waals surface area (Å²) in [5, 5.41) is 3.29. The van der Waals surface area contributed by atoms with Crippen molar-refractivity contribution < 1.29 is 18.0 Å². The molecule has 2 amide bonds. The van der Waals surface area contributed by atoms with Crippen molar-refractivity contribution >= 4 is 39.1 Å². The van der Waals surface area contributed by atoms with Crippen LogP contribution in [-0.4, -0.2) is 44.3 Å². The highest BCUT2D eigenvalue weighted by Gasteiger charge is 2.33. The minimum absolute atomic E-state index is 0.0487. The summed E-state index contributed by atoms with van der Waals surface area (Å²) in [6.07, 6.45) is 1.32. The molecule has 3 rings (SSSR count). The Morgan fingerprint density at radius 1 is 0.923 bits per heavy atom. The minimum Gasteiger partial charge on any atom is -0.354 e. The van der Waals surface area contributed by atoms with Crippen LogP contribution in [0.5, 0.6) is 0 Å². The molecule has 0 aromatic heterocycles. The average molecular weight is 570 g/mol. The van der Waals surface area contributed by atoms with Crippen molar-refractivity contribution in [3.8, 4) is 0 Å². The van der Waals surface area contributed by atoms with E-state index in [0.29, 0.717) is 29.2 Å². The van der Waals surface area contributed by atoms with E-state index in [9.17, 15) is 18.0 Å². The Balaban J connectivity index is 2.07. The molecule has 0 unspecified atom stereocenters. The monoisotopic (exact) mass is 569 g/mol. The van der Waals surface area contributed by atoms with Crippen LogP contribution in [0.4, 0.5) is 5.69 Å². The van der Waals surface area contributed by atoms with E-state index in [0.717, 1.165) is 21.9 Å². The summed E-state index contributed by atoms with van der Waals surface area (Å²) < 4.78 is 29.1. The lowest BCUT2D eigenvalue weighted by Gasteiger charge is -2.32. The maximum Gasteiger partial charge on any atom is 0.264 e. The number of hydrogen-bond donors (Lipinski definition) is 1. The Morgan fingerprint density at radius 2 is 1.54 bits per heavy atom. The third-order valence-corrected chi connectivity index (χ3v) is 8.69. The number of sulfonamides is 1. The van der Waals surface area contributed by atoms with Crippen LogP contribution in [0.1, 0.15) is 43.9 Å². The van der Waals surface area contributed by atoms with Gasteiger partial charge in [0.05, 0.1) is 10.6 Å². The highest BCUT2D eigenvalue weighted by atomic mass is 35.5. The van der Waals surface area contributed by atoms with Crippen molar-refractivity contribution in [3.05, 3.63) is 94.5 Å². The molecular formula is C30H36ClN3O4S. The third-order valence-electron chi connectivity index (χ3n) is 6.54. The van der Waals surface area contributed by atoms with E-state index >= 15 is 0 Å². The first-order valence-corrected chi connectivity index (χ1v) is 14.9. The smallest absolute Gasteiger partial charge is 0.264 e. The summed E-state index contributed by atoms with van der Waals surface area (Å²) in [5.74, 6) is -0.838. The molecule has 1 atom stereocenters. The molecule has 0 aliphatic heterocycles. The lowest BCUT2D eigenvalue weighted by molar-refractivity contribution is -0.139. The lowest BCUT2D eigenvalue weighted by atomic mass is 10.1. The van der Waals surface area contributed by atoms with Crippen molar-refractivity contribution in [3.63, 3.8) is 0 Å². The van der Waals surface area contributed by atoms with Gasteiger partial charge in [0.15, 0.2) is 0 Å². The van der Waals surface area contributed by atoms with Gasteiger partial charge in [-0.2, -0.15) is 0 Å². The Kier molecular flexibility index (Phi) is 10.5. The van der Waals surface area contributed by atoms with Gasteiger partial charge >= 0.3 is 0 Å². The fraction of sp³-hybridized carbons (Fsp3) is 0.333. The van der Waals surface area contributed by atoms with Crippen LogP contribution >= 0.6 is 11.6 Å². The second-order valence-corrected chi connectivity index (χ2v) is 11.7. The van der Waals surface area contributed by atoms with Crippen LogP contribution in [-0.2, 0) is 32.6 Å². The standard InChI is InChI=1S/C30H36ClN3O4S/c1-5-19-32-30(36)23(4)33(20-25-12-7-9-13-27(25)31)29(35)21-34(28-14-10-8-11-24(28)6-2)39(37,38)26-17-15-22(3)16-18-26/h7-18,23H,5-6,19-21H2,1-4H3,(H,32,36)/t23-/m1/s1. The fourth-order valence-electron chi connectivity index (χ4n) is 4.19. The second-order valence-electron chi connectivity index (χ2n) is 9.39. The Labute approximate surface area is 236 Å². The highest BCUT2D eigenvalue weighted by molar-refractivity contribution is 7.92. The number of hydrogen-bond acceptors (Lipinski definition) is 4. The van der Waals surface area contributed by atoms with Gasteiger partial charge in [0.25, 0.3) is 10.0 Å². The summed E-state index contributed by atoms with van der Waals surface area (Å²) in [6.45, 7) is 7.42. The number of aryl methyl sites for hydroxylation is 2. The Bertz CT molecular complexity index is 1390. The molecule has 39 heavy (non-hydrogen) atoms. The van der Waals surface area contributed by atoms with Gasteiger partial charge in [-0.1, -0.05) is 79.5 Å². The molecule has 208 valence electrons. The van der Waals surface area contributed by atoms with Crippen LogP contribution in [0, 0.1) is 6.92 Å². The molecule has 9 heteroatoms. The normalized spacial score (nSPS) is 12.0. The summed E-state index contributed by atoms with van der Waals surface area (Å²) in [5.41, 5.74) is 2.79. The number of anilines is 1. The van der Waals surface area contributed by atoms with Gasteiger partial charge in [-0.15, -0.1) is 0 Å². The number of carbonyl (C=O) groups is 2. The molecule has 1 N–H and O–H groups in total. The van der Waals surface area contributed by atoms with Gasteiger partial charge in [-0.25, -0.2) is 8.42 Å². The van der Waals surface area contributed by atoms with Crippen molar-refractivity contribution in [2.24, 2.45) is 0 Å². The zero-order valence-electron chi connectivity index (χ0n) is 22.9. The van der Waals surface area contributed by atoms with Gasteiger partial charge in [-0.3, -0.25) is 13.9 Å². The van der Waals surface area contributed by atoms with Crippen molar-refractivity contribution in [2.75, 3.05) is 17.4 Å². The van der Waals surface area contributed by atoms with Gasteiger partial charge in [0.1, 0.15) is 12.6 Å². The first-order valence-electron chi connectivity index (χ1n) is 13.1. The Morgan fingerprint density at radius 3 is 2.15 bits per heavy atom. The summed E-state index contributed by atoms with van der Waals surface area (Å²) in [4.78, 5) is 28.4. The molecule has 3 aromatic rings. The van der Waals surface area contributed by atoms with E-state index in [1.165, 1.54) is 4.90 Å². The number of carbonyl (C=O) groups excluding carboxylic acids is 2. The summed E-state index contributed by atoms with van der Waals surface area (Å²) >= 11 is 6.40. The predicted molar refractivity (Wildman–Crippen MR) is 156 cm³/mol. The van der Waals surface area contributed by atoms with E-state index in [1.807, 2.05) is 32.9 Å². The van der Waals surface area contributed by atoms with Gasteiger partial charge in [-0.05, 0) is 62.1 Å². The zero-order chi connectivity index (χ0) is 28.6. The first-order chi connectivity index (χ1) is 18.6. The van der Waals surface area contributed by atoms with Crippen LogP contribution in [0.3, 0.4) is 0 Å². The molecule has 0 heterocycles. The largest absolute Gasteiger partial charge is 0.354 e. The van der Waals surface area contributed by atoms with Gasteiger partial charge in [0, 0.05) is 18.1 Å². The molecule has 0 aliphatic rings.